The van der Waals surface area contributed by atoms with E-state index in [2.05, 4.69) is 34.1 Å². The minimum Gasteiger partial charge on any atom is -0.495 e. The third kappa shape index (κ3) is 5.93. The molecular weight excluding hydrogens is 428 g/mol. The first-order chi connectivity index (χ1) is 16.5. The predicted octanol–water partition coefficient (Wildman–Crippen LogP) is 4.71. The van der Waals surface area contributed by atoms with Gasteiger partial charge in [0.2, 0.25) is 0 Å². The largest absolute Gasteiger partial charge is 0.495 e. The van der Waals surface area contributed by atoms with E-state index in [9.17, 15) is 15.0 Å². The number of hydrogen-bond acceptors (Lipinski definition) is 5. The summed E-state index contributed by atoms with van der Waals surface area (Å²) in [6, 6.07) is 18.0. The molecule has 0 spiro atoms. The van der Waals surface area contributed by atoms with E-state index < -0.39 is 18.0 Å². The molecule has 4 rings (SSSR count). The molecule has 0 aliphatic carbocycles. The number of rotatable bonds is 10. The summed E-state index contributed by atoms with van der Waals surface area (Å²) in [6.07, 6.45) is 5.09. The fraction of sp³-hybridized carbons (Fsp3) is 0.429. The second-order valence-corrected chi connectivity index (χ2v) is 9.27. The lowest BCUT2D eigenvalue weighted by Gasteiger charge is -2.37. The van der Waals surface area contributed by atoms with Gasteiger partial charge in [-0.25, -0.2) is 0 Å². The maximum atomic E-state index is 12.1. The maximum absolute atomic E-state index is 12.1. The molecule has 0 bridgehead atoms. The molecule has 6 heteroatoms. The lowest BCUT2D eigenvalue weighted by molar-refractivity contribution is -0.146. The maximum Gasteiger partial charge on any atom is 0.308 e. The van der Waals surface area contributed by atoms with E-state index in [0.29, 0.717) is 25.1 Å². The van der Waals surface area contributed by atoms with Crippen molar-refractivity contribution < 1.29 is 19.7 Å². The Labute approximate surface area is 201 Å². The van der Waals surface area contributed by atoms with Gasteiger partial charge < -0.3 is 19.8 Å². The van der Waals surface area contributed by atoms with Crippen LogP contribution in [0, 0.1) is 11.8 Å². The molecule has 1 saturated heterocycles. The van der Waals surface area contributed by atoms with Gasteiger partial charge in [0.1, 0.15) is 5.75 Å². The standard InChI is InChI=1S/C28H34N2O4/c1-34-22-17-24-23(10-5-11-26(24)29-18-22)27(31)13-12-21-14-16-30(19-25(21)28(32)33)15-6-9-20-7-3-2-4-8-20/h2-5,7-8,10-11,17-18,21,25,27,31H,6,9,12-16,19H2,1H3,(H,32,33)/t21-,25+,27?/m1/s1. The molecule has 1 aliphatic rings. The number of pyridine rings is 1. The first kappa shape index (κ1) is 24.2. The normalized spacial score (nSPS) is 19.7. The molecule has 180 valence electrons. The Morgan fingerprint density at radius 2 is 2.03 bits per heavy atom. The number of aliphatic hydroxyl groups is 1. The lowest BCUT2D eigenvalue weighted by atomic mass is 9.81. The number of carboxylic acid groups (broad SMARTS) is 1. The Morgan fingerprint density at radius 3 is 2.79 bits per heavy atom. The number of fused-ring (bicyclic) bond motifs is 1. The van der Waals surface area contributed by atoms with Gasteiger partial charge in [0.05, 0.1) is 30.8 Å². The van der Waals surface area contributed by atoms with Gasteiger partial charge in [0.25, 0.3) is 0 Å². The third-order valence-corrected chi connectivity index (χ3v) is 7.08. The molecule has 3 atom stereocenters. The SMILES string of the molecule is COc1cnc2cccc(C(O)CC[C@@H]3CCN(CCCc4ccccc4)C[C@@H]3C(=O)O)c2c1. The van der Waals surface area contributed by atoms with E-state index >= 15 is 0 Å². The van der Waals surface area contributed by atoms with Crippen molar-refractivity contribution in [3.8, 4) is 5.75 Å². The van der Waals surface area contributed by atoms with Crippen LogP contribution in [0.25, 0.3) is 10.9 Å². The van der Waals surface area contributed by atoms with Crippen LogP contribution in [-0.2, 0) is 11.2 Å². The van der Waals surface area contributed by atoms with Crippen LogP contribution in [0.5, 0.6) is 5.75 Å². The van der Waals surface area contributed by atoms with Crippen molar-refractivity contribution in [1.29, 1.82) is 0 Å². The molecule has 1 aromatic heterocycles. The van der Waals surface area contributed by atoms with Crippen LogP contribution in [0.15, 0.2) is 60.8 Å². The zero-order valence-corrected chi connectivity index (χ0v) is 19.8. The average molecular weight is 463 g/mol. The van der Waals surface area contributed by atoms with Gasteiger partial charge in [-0.15, -0.1) is 0 Å². The number of aryl methyl sites for hydroxylation is 1. The summed E-state index contributed by atoms with van der Waals surface area (Å²) in [4.78, 5) is 18.8. The lowest BCUT2D eigenvalue weighted by Crippen LogP contribution is -2.44. The number of nitrogens with zero attached hydrogens (tertiary/aromatic N) is 2. The summed E-state index contributed by atoms with van der Waals surface area (Å²) in [5.41, 5.74) is 2.95. The van der Waals surface area contributed by atoms with Crippen molar-refractivity contribution in [3.05, 3.63) is 71.9 Å². The highest BCUT2D eigenvalue weighted by Gasteiger charge is 2.34. The molecule has 0 radical (unpaired) electrons. The summed E-state index contributed by atoms with van der Waals surface area (Å²) in [7, 11) is 1.60. The minimum absolute atomic E-state index is 0.0696. The van der Waals surface area contributed by atoms with Crippen molar-refractivity contribution in [2.45, 2.75) is 38.2 Å². The highest BCUT2D eigenvalue weighted by atomic mass is 16.5. The molecule has 2 aromatic carbocycles. The van der Waals surface area contributed by atoms with Crippen molar-refractivity contribution in [2.24, 2.45) is 11.8 Å². The molecule has 1 aliphatic heterocycles. The van der Waals surface area contributed by atoms with Gasteiger partial charge in [-0.3, -0.25) is 9.78 Å². The molecule has 0 amide bonds. The molecule has 2 N–H and O–H groups in total. The first-order valence-electron chi connectivity index (χ1n) is 12.1. The molecule has 3 aromatic rings. The van der Waals surface area contributed by atoms with Crippen LogP contribution in [0.1, 0.15) is 42.9 Å². The molecule has 1 fully saturated rings. The van der Waals surface area contributed by atoms with Gasteiger partial charge in [-0.05, 0) is 74.4 Å². The number of likely N-dealkylation sites (tertiary alicyclic amines) is 1. The number of ether oxygens (including phenoxy) is 1. The van der Waals surface area contributed by atoms with Crippen molar-refractivity contribution in [2.75, 3.05) is 26.7 Å². The van der Waals surface area contributed by atoms with Crippen LogP contribution in [0.4, 0.5) is 0 Å². The summed E-state index contributed by atoms with van der Waals surface area (Å²) in [5.74, 6) is -0.406. The van der Waals surface area contributed by atoms with Gasteiger partial charge in [-0.1, -0.05) is 42.5 Å². The second kappa shape index (κ2) is 11.4. The van der Waals surface area contributed by atoms with E-state index in [1.54, 1.807) is 13.3 Å². The van der Waals surface area contributed by atoms with E-state index in [0.717, 1.165) is 48.8 Å². The second-order valence-electron chi connectivity index (χ2n) is 9.27. The number of hydrogen-bond donors (Lipinski definition) is 2. The zero-order valence-electron chi connectivity index (χ0n) is 19.8. The van der Waals surface area contributed by atoms with E-state index in [1.165, 1.54) is 5.56 Å². The van der Waals surface area contributed by atoms with E-state index in [1.807, 2.05) is 30.3 Å². The molecule has 2 heterocycles. The molecule has 34 heavy (non-hydrogen) atoms. The number of aromatic nitrogens is 1. The zero-order chi connectivity index (χ0) is 23.9. The van der Waals surface area contributed by atoms with Gasteiger partial charge >= 0.3 is 5.97 Å². The molecule has 6 nitrogen and oxygen atoms in total. The average Bonchev–Trinajstić information content (AvgIpc) is 2.87. The molecular formula is C28H34N2O4. The summed E-state index contributed by atoms with van der Waals surface area (Å²) in [6.45, 7) is 2.41. The summed E-state index contributed by atoms with van der Waals surface area (Å²) < 4.78 is 5.30. The molecule has 0 saturated carbocycles. The van der Waals surface area contributed by atoms with Crippen molar-refractivity contribution >= 4 is 16.9 Å². The first-order valence-corrected chi connectivity index (χ1v) is 12.1. The van der Waals surface area contributed by atoms with Crippen LogP contribution in [-0.4, -0.2) is 52.8 Å². The number of piperidine rings is 1. The Hall–Kier alpha value is -2.96. The van der Waals surface area contributed by atoms with E-state index in [4.69, 9.17) is 4.74 Å². The highest BCUT2D eigenvalue weighted by Crippen LogP contribution is 2.33. The van der Waals surface area contributed by atoms with Crippen LogP contribution >= 0.6 is 0 Å². The quantitative estimate of drug-likeness (QED) is 0.454. The number of methoxy groups -OCH3 is 1. The Bertz CT molecular complexity index is 1090. The smallest absolute Gasteiger partial charge is 0.308 e. The Balaban J connectivity index is 1.34. The van der Waals surface area contributed by atoms with Crippen LogP contribution in [0.2, 0.25) is 0 Å². The third-order valence-electron chi connectivity index (χ3n) is 7.08. The topological polar surface area (TPSA) is 82.9 Å². The number of carbonyl (C=O) groups is 1. The Kier molecular flexibility index (Phi) is 8.14. The van der Waals surface area contributed by atoms with Crippen LogP contribution < -0.4 is 4.74 Å². The number of aliphatic hydroxyl groups excluding tert-OH is 1. The van der Waals surface area contributed by atoms with Crippen molar-refractivity contribution in [3.63, 3.8) is 0 Å². The Morgan fingerprint density at radius 1 is 1.21 bits per heavy atom. The van der Waals surface area contributed by atoms with Gasteiger partial charge in [-0.2, -0.15) is 0 Å². The monoisotopic (exact) mass is 462 g/mol. The van der Waals surface area contributed by atoms with Gasteiger partial charge in [0.15, 0.2) is 0 Å². The predicted molar refractivity (Wildman–Crippen MR) is 133 cm³/mol. The fourth-order valence-corrected chi connectivity index (χ4v) is 5.13. The van der Waals surface area contributed by atoms with Crippen molar-refractivity contribution in [1.82, 2.24) is 9.88 Å². The minimum atomic E-state index is -0.730. The van der Waals surface area contributed by atoms with Crippen LogP contribution in [0.3, 0.4) is 0 Å². The summed E-state index contributed by atoms with van der Waals surface area (Å²) >= 11 is 0. The highest BCUT2D eigenvalue weighted by molar-refractivity contribution is 5.83. The number of aliphatic carboxylic acids is 1. The number of benzene rings is 2. The fourth-order valence-electron chi connectivity index (χ4n) is 5.13. The number of carboxylic acids is 1. The summed E-state index contributed by atoms with van der Waals surface area (Å²) in [5, 5.41) is 21.8. The van der Waals surface area contributed by atoms with Gasteiger partial charge in [0, 0.05) is 11.9 Å². The van der Waals surface area contributed by atoms with E-state index in [-0.39, 0.29) is 5.92 Å². The molecule has 1 unspecified atom stereocenters.